The Morgan fingerprint density at radius 1 is 1.30 bits per heavy atom. The Labute approximate surface area is 144 Å². The lowest BCUT2D eigenvalue weighted by Gasteiger charge is -2.30. The van der Waals surface area contributed by atoms with Gasteiger partial charge in [-0.1, -0.05) is 51.3 Å². The molecule has 0 bridgehead atoms. The molecule has 2 rings (SSSR count). The molecular weight excluding hydrogens is 310 g/mol. The number of carboxylic acids is 1. The maximum atomic E-state index is 11.6. The number of halogens is 1. The summed E-state index contributed by atoms with van der Waals surface area (Å²) in [5.74, 6) is 0.952. The number of carbonyl (C=O) groups is 1. The van der Waals surface area contributed by atoms with Crippen molar-refractivity contribution >= 4 is 17.6 Å². The number of benzene rings is 1. The fraction of sp³-hybridized carbons (Fsp3) is 0.632. The molecule has 3 nitrogen and oxygen atoms in total. The summed E-state index contributed by atoms with van der Waals surface area (Å²) in [5, 5.41) is 13.6. The Hall–Kier alpha value is -1.06. The summed E-state index contributed by atoms with van der Waals surface area (Å²) in [4.78, 5) is 11.6. The van der Waals surface area contributed by atoms with Gasteiger partial charge in [0.1, 0.15) is 0 Å². The highest BCUT2D eigenvalue weighted by molar-refractivity contribution is 6.31. The van der Waals surface area contributed by atoms with E-state index in [0.717, 1.165) is 18.0 Å². The number of rotatable bonds is 6. The van der Waals surface area contributed by atoms with E-state index in [4.69, 9.17) is 11.6 Å². The molecule has 128 valence electrons. The highest BCUT2D eigenvalue weighted by atomic mass is 35.5. The molecule has 1 fully saturated rings. The number of hydrogen-bond acceptors (Lipinski definition) is 2. The second-order valence-corrected chi connectivity index (χ2v) is 7.73. The second kappa shape index (κ2) is 8.16. The number of nitrogens with one attached hydrogen (secondary N) is 1. The van der Waals surface area contributed by atoms with Gasteiger partial charge in [-0.3, -0.25) is 0 Å². The molecule has 1 atom stereocenters. The molecule has 0 aliphatic heterocycles. The van der Waals surface area contributed by atoms with Crippen molar-refractivity contribution in [2.75, 3.05) is 6.54 Å². The highest BCUT2D eigenvalue weighted by Crippen LogP contribution is 2.31. The van der Waals surface area contributed by atoms with Crippen LogP contribution in [0.1, 0.15) is 68.4 Å². The fourth-order valence-electron chi connectivity index (χ4n) is 3.52. The van der Waals surface area contributed by atoms with Gasteiger partial charge in [0.05, 0.1) is 5.56 Å². The highest BCUT2D eigenvalue weighted by Gasteiger charge is 2.24. The largest absolute Gasteiger partial charge is 0.478 e. The van der Waals surface area contributed by atoms with Crippen molar-refractivity contribution in [2.45, 2.75) is 52.5 Å². The van der Waals surface area contributed by atoms with Crippen LogP contribution in [0.3, 0.4) is 0 Å². The lowest BCUT2D eigenvalue weighted by molar-refractivity contribution is 0.0694. The molecule has 0 radical (unpaired) electrons. The van der Waals surface area contributed by atoms with Crippen LogP contribution in [0.2, 0.25) is 5.02 Å². The van der Waals surface area contributed by atoms with Crippen LogP contribution < -0.4 is 5.32 Å². The molecule has 0 unspecified atom stereocenters. The van der Waals surface area contributed by atoms with Gasteiger partial charge in [-0.25, -0.2) is 4.79 Å². The van der Waals surface area contributed by atoms with Crippen molar-refractivity contribution in [1.29, 1.82) is 0 Å². The first-order valence-electron chi connectivity index (χ1n) is 8.64. The van der Waals surface area contributed by atoms with E-state index in [9.17, 15) is 9.90 Å². The van der Waals surface area contributed by atoms with Crippen LogP contribution >= 0.6 is 11.6 Å². The van der Waals surface area contributed by atoms with Crippen molar-refractivity contribution < 1.29 is 9.90 Å². The first-order valence-corrected chi connectivity index (χ1v) is 9.02. The summed E-state index contributed by atoms with van der Waals surface area (Å²) < 4.78 is 0. The number of carboxylic acid groups (broad SMARTS) is 1. The van der Waals surface area contributed by atoms with Crippen LogP contribution in [-0.2, 0) is 0 Å². The summed E-state index contributed by atoms with van der Waals surface area (Å²) in [5.41, 5.74) is 1.14. The van der Waals surface area contributed by atoms with E-state index < -0.39 is 5.97 Å². The van der Waals surface area contributed by atoms with Crippen molar-refractivity contribution in [3.63, 3.8) is 0 Å². The SMILES string of the molecule is CC1CCC(CN[C@H](c2ccc(Cl)cc2C(=O)O)C(C)C)CC1. The molecule has 1 aromatic rings. The molecule has 1 aromatic carbocycles. The molecule has 0 spiro atoms. The Balaban J connectivity index is 2.11. The monoisotopic (exact) mass is 337 g/mol. The van der Waals surface area contributed by atoms with E-state index in [1.54, 1.807) is 12.1 Å². The first-order chi connectivity index (χ1) is 10.9. The van der Waals surface area contributed by atoms with E-state index in [-0.39, 0.29) is 6.04 Å². The lowest BCUT2D eigenvalue weighted by Crippen LogP contribution is -2.33. The summed E-state index contributed by atoms with van der Waals surface area (Å²) in [6.45, 7) is 7.53. The Morgan fingerprint density at radius 2 is 1.96 bits per heavy atom. The van der Waals surface area contributed by atoms with Crippen LogP contribution in [-0.4, -0.2) is 17.6 Å². The van der Waals surface area contributed by atoms with Crippen LogP contribution in [0.25, 0.3) is 0 Å². The van der Waals surface area contributed by atoms with Gasteiger partial charge in [0, 0.05) is 11.1 Å². The van der Waals surface area contributed by atoms with Crippen molar-refractivity contribution in [1.82, 2.24) is 5.32 Å². The molecule has 1 aliphatic rings. The predicted octanol–water partition coefficient (Wildman–Crippen LogP) is 5.15. The molecule has 0 saturated heterocycles. The maximum absolute atomic E-state index is 11.6. The molecule has 1 aliphatic carbocycles. The van der Waals surface area contributed by atoms with Gasteiger partial charge in [0.15, 0.2) is 0 Å². The van der Waals surface area contributed by atoms with E-state index in [1.807, 2.05) is 6.07 Å². The predicted molar refractivity (Wildman–Crippen MR) is 95.1 cm³/mol. The molecule has 0 heterocycles. The summed E-state index contributed by atoms with van der Waals surface area (Å²) in [6.07, 6.45) is 5.15. The lowest BCUT2D eigenvalue weighted by atomic mass is 9.82. The third kappa shape index (κ3) is 4.95. The third-order valence-corrected chi connectivity index (χ3v) is 5.24. The quantitative estimate of drug-likeness (QED) is 0.754. The second-order valence-electron chi connectivity index (χ2n) is 7.29. The fourth-order valence-corrected chi connectivity index (χ4v) is 3.69. The minimum atomic E-state index is -0.915. The molecule has 2 N–H and O–H groups in total. The van der Waals surface area contributed by atoms with E-state index in [2.05, 4.69) is 26.1 Å². The zero-order valence-electron chi connectivity index (χ0n) is 14.3. The van der Waals surface area contributed by atoms with Crippen LogP contribution in [0, 0.1) is 17.8 Å². The van der Waals surface area contributed by atoms with Crippen LogP contribution in [0.5, 0.6) is 0 Å². The molecule has 1 saturated carbocycles. The van der Waals surface area contributed by atoms with E-state index >= 15 is 0 Å². The van der Waals surface area contributed by atoms with Crippen LogP contribution in [0.4, 0.5) is 0 Å². The Bertz CT molecular complexity index is 536. The van der Waals surface area contributed by atoms with Crippen molar-refractivity contribution in [3.05, 3.63) is 34.3 Å². The van der Waals surface area contributed by atoms with Gasteiger partial charge in [0.25, 0.3) is 0 Å². The minimum Gasteiger partial charge on any atom is -0.478 e. The third-order valence-electron chi connectivity index (χ3n) is 5.01. The summed E-state index contributed by atoms with van der Waals surface area (Å²) in [7, 11) is 0. The maximum Gasteiger partial charge on any atom is 0.336 e. The summed E-state index contributed by atoms with van der Waals surface area (Å²) in [6, 6.07) is 5.23. The molecule has 4 heteroatoms. The van der Waals surface area contributed by atoms with E-state index in [0.29, 0.717) is 22.4 Å². The van der Waals surface area contributed by atoms with Gasteiger partial charge >= 0.3 is 5.97 Å². The van der Waals surface area contributed by atoms with Crippen molar-refractivity contribution in [2.24, 2.45) is 17.8 Å². The van der Waals surface area contributed by atoms with Gasteiger partial charge in [-0.15, -0.1) is 0 Å². The smallest absolute Gasteiger partial charge is 0.336 e. The van der Waals surface area contributed by atoms with Gasteiger partial charge < -0.3 is 10.4 Å². The standard InChI is InChI=1S/C19H28ClNO2/c1-12(2)18(21-11-14-6-4-13(3)5-7-14)16-9-8-15(20)10-17(16)19(22)23/h8-10,12-14,18,21H,4-7,11H2,1-3H3,(H,22,23)/t13?,14?,18-/m0/s1. The molecule has 23 heavy (non-hydrogen) atoms. The molecule has 0 aromatic heterocycles. The summed E-state index contributed by atoms with van der Waals surface area (Å²) >= 11 is 5.97. The van der Waals surface area contributed by atoms with Gasteiger partial charge in [-0.2, -0.15) is 0 Å². The topological polar surface area (TPSA) is 49.3 Å². The number of hydrogen-bond donors (Lipinski definition) is 2. The number of aromatic carboxylic acids is 1. The normalized spacial score (nSPS) is 23.0. The minimum absolute atomic E-state index is 0.0396. The average Bonchev–Trinajstić information content (AvgIpc) is 2.50. The average molecular weight is 338 g/mol. The van der Waals surface area contributed by atoms with Crippen LogP contribution in [0.15, 0.2) is 18.2 Å². The zero-order valence-corrected chi connectivity index (χ0v) is 15.1. The Kier molecular flexibility index (Phi) is 6.49. The zero-order chi connectivity index (χ0) is 17.0. The first kappa shape index (κ1) is 18.3. The Morgan fingerprint density at radius 3 is 2.52 bits per heavy atom. The molecular formula is C19H28ClNO2. The van der Waals surface area contributed by atoms with E-state index in [1.165, 1.54) is 25.7 Å². The van der Waals surface area contributed by atoms with Gasteiger partial charge in [-0.05, 0) is 54.8 Å². The van der Waals surface area contributed by atoms with Crippen molar-refractivity contribution in [3.8, 4) is 0 Å². The molecule has 0 amide bonds. The van der Waals surface area contributed by atoms with Gasteiger partial charge in [0.2, 0.25) is 0 Å².